The zero-order valence-electron chi connectivity index (χ0n) is 17.3. The molecular formula is C23H26N2O5S. The Labute approximate surface area is 182 Å². The van der Waals surface area contributed by atoms with Gasteiger partial charge in [-0.05, 0) is 49.9 Å². The zero-order valence-corrected chi connectivity index (χ0v) is 18.1. The Morgan fingerprint density at radius 2 is 1.52 bits per heavy atom. The molecule has 2 aromatic rings. The summed E-state index contributed by atoms with van der Waals surface area (Å²) in [5.41, 5.74) is 1.43. The van der Waals surface area contributed by atoms with E-state index < -0.39 is 22.1 Å². The predicted octanol–water partition coefficient (Wildman–Crippen LogP) is 3.14. The van der Waals surface area contributed by atoms with Gasteiger partial charge < -0.3 is 9.64 Å². The summed E-state index contributed by atoms with van der Waals surface area (Å²) in [6.45, 7) is 1.77. The van der Waals surface area contributed by atoms with Crippen LogP contribution < -0.4 is 4.31 Å². The van der Waals surface area contributed by atoms with Gasteiger partial charge in [-0.25, -0.2) is 13.2 Å². The minimum Gasteiger partial charge on any atom is -0.444 e. The van der Waals surface area contributed by atoms with Gasteiger partial charge in [0.05, 0.1) is 17.0 Å². The van der Waals surface area contributed by atoms with Gasteiger partial charge in [-0.3, -0.25) is 9.10 Å². The number of anilines is 1. The highest BCUT2D eigenvalue weighted by Crippen LogP contribution is 2.27. The molecule has 0 spiro atoms. The van der Waals surface area contributed by atoms with Crippen LogP contribution in [0.2, 0.25) is 0 Å². The number of carbonyl (C=O) groups is 2. The van der Waals surface area contributed by atoms with Crippen molar-refractivity contribution in [3.8, 4) is 0 Å². The van der Waals surface area contributed by atoms with Crippen LogP contribution in [0.15, 0.2) is 54.6 Å². The van der Waals surface area contributed by atoms with E-state index in [1.54, 1.807) is 41.3 Å². The molecule has 8 heteroatoms. The number of piperidine rings is 1. The number of esters is 1. The maximum Gasteiger partial charge on any atom is 0.339 e. The van der Waals surface area contributed by atoms with E-state index in [4.69, 9.17) is 4.74 Å². The molecule has 2 aliphatic heterocycles. The van der Waals surface area contributed by atoms with Crippen molar-refractivity contribution < 1.29 is 22.7 Å². The molecule has 7 nitrogen and oxygen atoms in total. The van der Waals surface area contributed by atoms with Gasteiger partial charge in [-0.2, -0.15) is 0 Å². The molecule has 2 heterocycles. The van der Waals surface area contributed by atoms with E-state index in [0.29, 0.717) is 37.3 Å². The van der Waals surface area contributed by atoms with Crippen LogP contribution in [0.4, 0.5) is 5.69 Å². The fourth-order valence-electron chi connectivity index (χ4n) is 4.04. The first-order valence-corrected chi connectivity index (χ1v) is 12.2. The summed E-state index contributed by atoms with van der Waals surface area (Å²) in [6.07, 6.45) is 2.57. The average Bonchev–Trinajstić information content (AvgIpc) is 3.17. The number of benzene rings is 2. The molecule has 2 fully saturated rings. The summed E-state index contributed by atoms with van der Waals surface area (Å²) in [5.74, 6) is -0.692. The lowest BCUT2D eigenvalue weighted by molar-refractivity contribution is -0.142. The van der Waals surface area contributed by atoms with Crippen molar-refractivity contribution in [3.63, 3.8) is 0 Å². The van der Waals surface area contributed by atoms with E-state index in [2.05, 4.69) is 0 Å². The summed E-state index contributed by atoms with van der Waals surface area (Å²) in [5, 5.41) is 0. The van der Waals surface area contributed by atoms with Gasteiger partial charge in [-0.1, -0.05) is 30.3 Å². The Kier molecular flexibility index (Phi) is 6.27. The number of hydrogen-bond acceptors (Lipinski definition) is 5. The Bertz CT molecular complexity index is 1030. The Morgan fingerprint density at radius 1 is 0.839 bits per heavy atom. The van der Waals surface area contributed by atoms with Crippen molar-refractivity contribution in [2.24, 2.45) is 0 Å². The largest absolute Gasteiger partial charge is 0.444 e. The van der Waals surface area contributed by atoms with Gasteiger partial charge in [0.15, 0.2) is 0 Å². The van der Waals surface area contributed by atoms with Crippen molar-refractivity contribution in [2.75, 3.05) is 29.7 Å². The number of nitrogens with zero attached hydrogens (tertiary/aromatic N) is 2. The van der Waals surface area contributed by atoms with Crippen LogP contribution in [0.25, 0.3) is 0 Å². The van der Waals surface area contributed by atoms with Gasteiger partial charge in [-0.15, -0.1) is 0 Å². The second-order valence-corrected chi connectivity index (χ2v) is 9.88. The summed E-state index contributed by atoms with van der Waals surface area (Å²) in [4.78, 5) is 27.8. The van der Waals surface area contributed by atoms with Gasteiger partial charge in [0, 0.05) is 25.2 Å². The Balaban J connectivity index is 1.52. The molecule has 31 heavy (non-hydrogen) atoms. The molecule has 0 aromatic heterocycles. The van der Waals surface area contributed by atoms with Crippen molar-refractivity contribution in [1.29, 1.82) is 0 Å². The molecule has 0 N–H and O–H groups in total. The lowest BCUT2D eigenvalue weighted by atomic mass is 10.1. The molecule has 2 aliphatic rings. The zero-order chi connectivity index (χ0) is 21.8. The molecule has 0 bridgehead atoms. The number of hydrogen-bond donors (Lipinski definition) is 0. The van der Waals surface area contributed by atoms with Crippen LogP contribution in [0.3, 0.4) is 0 Å². The molecule has 0 unspecified atom stereocenters. The summed E-state index contributed by atoms with van der Waals surface area (Å²) < 4.78 is 31.2. The number of rotatable bonds is 5. The maximum atomic E-state index is 13.1. The smallest absolute Gasteiger partial charge is 0.339 e. The quantitative estimate of drug-likeness (QED) is 0.665. The Morgan fingerprint density at radius 3 is 2.13 bits per heavy atom. The third-order valence-corrected chi connectivity index (χ3v) is 7.58. The maximum absolute atomic E-state index is 13.1. The molecule has 2 saturated heterocycles. The first-order chi connectivity index (χ1) is 15.0. The van der Waals surface area contributed by atoms with E-state index in [1.165, 1.54) is 4.31 Å². The van der Waals surface area contributed by atoms with Crippen LogP contribution in [0.5, 0.6) is 0 Å². The molecule has 4 rings (SSSR count). The molecule has 0 saturated carbocycles. The summed E-state index contributed by atoms with van der Waals surface area (Å²) in [7, 11) is -3.28. The number of amides is 1. The number of sulfonamides is 1. The molecule has 1 amide bonds. The van der Waals surface area contributed by atoms with Crippen molar-refractivity contribution in [3.05, 3.63) is 65.7 Å². The van der Waals surface area contributed by atoms with E-state index in [0.717, 1.165) is 19.3 Å². The lowest BCUT2D eigenvalue weighted by Crippen LogP contribution is -2.40. The minimum atomic E-state index is -3.28. The van der Waals surface area contributed by atoms with Crippen molar-refractivity contribution in [1.82, 2.24) is 4.90 Å². The normalized spacial score (nSPS) is 19.1. The first kappa shape index (κ1) is 21.4. The summed E-state index contributed by atoms with van der Waals surface area (Å²) in [6, 6.07) is 15.3. The standard InChI is InChI=1S/C23H26N2O5S/c26-22(24-14-5-2-6-15-24)21(18-8-3-1-4-9-18)30-23(27)19-10-12-20(13-11-19)25-16-7-17-31(25,28)29/h1,3-4,8-13,21H,2,5-7,14-17H2/t21-/m1/s1. The van der Waals surface area contributed by atoms with Gasteiger partial charge in [0.25, 0.3) is 5.91 Å². The van der Waals surface area contributed by atoms with Crippen LogP contribution in [-0.4, -0.2) is 50.6 Å². The van der Waals surface area contributed by atoms with E-state index in [1.807, 2.05) is 18.2 Å². The van der Waals surface area contributed by atoms with Gasteiger partial charge in [0.2, 0.25) is 16.1 Å². The fraction of sp³-hybridized carbons (Fsp3) is 0.391. The topological polar surface area (TPSA) is 84.0 Å². The van der Waals surface area contributed by atoms with Crippen LogP contribution in [0, 0.1) is 0 Å². The molecule has 0 aliphatic carbocycles. The Hall–Kier alpha value is -2.87. The second-order valence-electron chi connectivity index (χ2n) is 7.87. The predicted molar refractivity (Wildman–Crippen MR) is 117 cm³/mol. The average molecular weight is 443 g/mol. The molecular weight excluding hydrogens is 416 g/mol. The first-order valence-electron chi connectivity index (χ1n) is 10.6. The van der Waals surface area contributed by atoms with Crippen LogP contribution in [0.1, 0.15) is 47.7 Å². The monoisotopic (exact) mass is 442 g/mol. The third kappa shape index (κ3) is 4.74. The number of likely N-dealkylation sites (tertiary alicyclic amines) is 1. The van der Waals surface area contributed by atoms with Crippen molar-refractivity contribution in [2.45, 2.75) is 31.8 Å². The SMILES string of the molecule is O=C(O[C@@H](C(=O)N1CCCCC1)c1ccccc1)c1ccc(N2CCCS2(=O)=O)cc1. The molecule has 0 radical (unpaired) electrons. The van der Waals surface area contributed by atoms with Gasteiger partial charge in [0.1, 0.15) is 0 Å². The fourth-order valence-corrected chi connectivity index (χ4v) is 5.60. The number of ether oxygens (including phenoxy) is 1. The third-order valence-electron chi connectivity index (χ3n) is 5.71. The van der Waals surface area contributed by atoms with Crippen molar-refractivity contribution >= 4 is 27.6 Å². The highest BCUT2D eigenvalue weighted by Gasteiger charge is 2.31. The van der Waals surface area contributed by atoms with E-state index in [-0.39, 0.29) is 17.2 Å². The van der Waals surface area contributed by atoms with Crippen LogP contribution in [-0.2, 0) is 19.6 Å². The summed E-state index contributed by atoms with van der Waals surface area (Å²) >= 11 is 0. The highest BCUT2D eigenvalue weighted by molar-refractivity contribution is 7.93. The minimum absolute atomic E-state index is 0.133. The number of carbonyl (C=O) groups excluding carboxylic acids is 2. The second kappa shape index (κ2) is 9.09. The lowest BCUT2D eigenvalue weighted by Gasteiger charge is -2.30. The highest BCUT2D eigenvalue weighted by atomic mass is 32.2. The molecule has 164 valence electrons. The molecule has 1 atom stereocenters. The van der Waals surface area contributed by atoms with Gasteiger partial charge >= 0.3 is 5.97 Å². The van der Waals surface area contributed by atoms with E-state index >= 15 is 0 Å². The van der Waals surface area contributed by atoms with Crippen LogP contribution >= 0.6 is 0 Å². The van der Waals surface area contributed by atoms with E-state index in [9.17, 15) is 18.0 Å². The molecule has 2 aromatic carbocycles.